The summed E-state index contributed by atoms with van der Waals surface area (Å²) in [4.78, 5) is 22.0. The van der Waals surface area contributed by atoms with Crippen molar-refractivity contribution >= 4 is 11.9 Å². The Balaban J connectivity index is 1.55. The molecule has 3 aromatic carbocycles. The van der Waals surface area contributed by atoms with E-state index in [2.05, 4.69) is 0 Å². The highest BCUT2D eigenvalue weighted by Crippen LogP contribution is 2.34. The summed E-state index contributed by atoms with van der Waals surface area (Å²) in [7, 11) is 1.45. The number of aryl methyl sites for hydroxylation is 1. The van der Waals surface area contributed by atoms with Crippen LogP contribution in [-0.2, 0) is 33.8 Å². The van der Waals surface area contributed by atoms with Crippen LogP contribution in [-0.4, -0.2) is 42.5 Å². The van der Waals surface area contributed by atoms with E-state index < -0.39 is 29.3 Å². The fraction of sp³-hybridized carbons (Fsp3) is 0.394. The zero-order chi connectivity index (χ0) is 30.3. The fourth-order valence-electron chi connectivity index (χ4n) is 4.73. The van der Waals surface area contributed by atoms with Gasteiger partial charge in [0.25, 0.3) is 0 Å². The predicted octanol–water partition coefficient (Wildman–Crippen LogP) is 7.22. The molecule has 0 aliphatic rings. The number of hydrogen-bond acceptors (Lipinski definition) is 5. The second-order valence-electron chi connectivity index (χ2n) is 9.99. The third-order valence-electron chi connectivity index (χ3n) is 6.82. The number of halogens is 2. The number of rotatable bonds is 19. The zero-order valence-corrected chi connectivity index (χ0v) is 23.9. The van der Waals surface area contributed by atoms with Gasteiger partial charge in [-0.1, -0.05) is 55.3 Å². The van der Waals surface area contributed by atoms with Crippen LogP contribution in [0, 0.1) is 11.6 Å². The Kier molecular flexibility index (Phi) is 13.2. The van der Waals surface area contributed by atoms with Gasteiger partial charge in [0.05, 0.1) is 19.8 Å². The lowest BCUT2D eigenvalue weighted by Gasteiger charge is -2.16. The van der Waals surface area contributed by atoms with E-state index in [1.54, 1.807) is 30.3 Å². The number of aliphatic carboxylic acids is 2. The van der Waals surface area contributed by atoms with Crippen molar-refractivity contribution < 1.29 is 42.8 Å². The molecule has 3 rings (SSSR count). The molecule has 0 amide bonds. The molecule has 42 heavy (non-hydrogen) atoms. The first-order valence-corrected chi connectivity index (χ1v) is 14.2. The maximum absolute atomic E-state index is 15.3. The van der Waals surface area contributed by atoms with E-state index in [0.29, 0.717) is 37.0 Å². The van der Waals surface area contributed by atoms with Crippen LogP contribution < -0.4 is 9.47 Å². The molecule has 0 spiro atoms. The summed E-state index contributed by atoms with van der Waals surface area (Å²) in [5.41, 5.74) is 2.92. The molecule has 2 N–H and O–H groups in total. The highest BCUT2D eigenvalue weighted by Gasteiger charge is 2.21. The first kappa shape index (κ1) is 32.5. The van der Waals surface area contributed by atoms with E-state index in [-0.39, 0.29) is 43.8 Å². The van der Waals surface area contributed by atoms with Crippen LogP contribution in [0.25, 0.3) is 11.1 Å². The van der Waals surface area contributed by atoms with Gasteiger partial charge in [-0.3, -0.25) is 9.59 Å². The van der Waals surface area contributed by atoms with Gasteiger partial charge >= 0.3 is 11.9 Å². The lowest BCUT2D eigenvalue weighted by molar-refractivity contribution is -0.138. The first-order chi connectivity index (χ1) is 20.3. The Labute approximate surface area is 245 Å². The van der Waals surface area contributed by atoms with Crippen LogP contribution in [0.4, 0.5) is 8.78 Å². The Morgan fingerprint density at radius 3 is 2.17 bits per heavy atom. The van der Waals surface area contributed by atoms with Gasteiger partial charge in [-0.05, 0) is 60.9 Å². The molecule has 7 nitrogen and oxygen atoms in total. The third kappa shape index (κ3) is 9.83. The van der Waals surface area contributed by atoms with Crippen LogP contribution in [0.1, 0.15) is 61.6 Å². The summed E-state index contributed by atoms with van der Waals surface area (Å²) >= 11 is 0. The van der Waals surface area contributed by atoms with E-state index in [1.165, 1.54) is 13.2 Å². The molecule has 0 aromatic heterocycles. The number of ether oxygens (including phenoxy) is 3. The Morgan fingerprint density at radius 2 is 1.45 bits per heavy atom. The number of carbonyl (C=O) groups is 2. The zero-order valence-electron chi connectivity index (χ0n) is 23.9. The molecule has 226 valence electrons. The summed E-state index contributed by atoms with van der Waals surface area (Å²) < 4.78 is 46.8. The van der Waals surface area contributed by atoms with Crippen LogP contribution in [0.2, 0.25) is 0 Å². The number of carboxylic acid groups (broad SMARTS) is 2. The molecule has 0 aliphatic heterocycles. The molecule has 9 heteroatoms. The van der Waals surface area contributed by atoms with Gasteiger partial charge in [0, 0.05) is 31.1 Å². The fourth-order valence-corrected chi connectivity index (χ4v) is 4.73. The highest BCUT2D eigenvalue weighted by atomic mass is 19.1. The molecule has 0 heterocycles. The van der Waals surface area contributed by atoms with Crippen molar-refractivity contribution in [2.75, 3.05) is 20.3 Å². The summed E-state index contributed by atoms with van der Waals surface area (Å²) in [6.07, 6.45) is 4.41. The average Bonchev–Trinajstić information content (AvgIpc) is 2.97. The number of benzene rings is 3. The van der Waals surface area contributed by atoms with E-state index in [1.807, 2.05) is 18.2 Å². The van der Waals surface area contributed by atoms with Crippen LogP contribution in [0.3, 0.4) is 0 Å². The number of carboxylic acids is 2. The summed E-state index contributed by atoms with van der Waals surface area (Å²) in [5.74, 6) is -3.10. The number of methoxy groups -OCH3 is 1. The highest BCUT2D eigenvalue weighted by molar-refractivity contribution is 5.68. The van der Waals surface area contributed by atoms with Gasteiger partial charge in [0.1, 0.15) is 5.75 Å². The summed E-state index contributed by atoms with van der Waals surface area (Å²) in [6, 6.07) is 15.9. The van der Waals surface area contributed by atoms with Gasteiger partial charge in [-0.2, -0.15) is 0 Å². The molecule has 0 atom stereocenters. The topological polar surface area (TPSA) is 102 Å². The molecular weight excluding hydrogens is 546 g/mol. The number of hydrogen-bond donors (Lipinski definition) is 2. The van der Waals surface area contributed by atoms with Gasteiger partial charge in [0.2, 0.25) is 0 Å². The normalized spacial score (nSPS) is 10.9. The van der Waals surface area contributed by atoms with Crippen molar-refractivity contribution in [3.8, 4) is 22.6 Å². The van der Waals surface area contributed by atoms with Gasteiger partial charge in [-0.25, -0.2) is 8.78 Å². The third-order valence-corrected chi connectivity index (χ3v) is 6.82. The largest absolute Gasteiger partial charge is 0.493 e. The van der Waals surface area contributed by atoms with E-state index in [9.17, 15) is 14.7 Å². The van der Waals surface area contributed by atoms with Crippen molar-refractivity contribution in [2.45, 2.75) is 64.4 Å². The van der Waals surface area contributed by atoms with Crippen LogP contribution in [0.5, 0.6) is 11.5 Å². The minimum Gasteiger partial charge on any atom is -0.493 e. The van der Waals surface area contributed by atoms with Crippen LogP contribution >= 0.6 is 0 Å². The second-order valence-corrected chi connectivity index (χ2v) is 9.99. The van der Waals surface area contributed by atoms with Crippen molar-refractivity contribution in [3.63, 3.8) is 0 Å². The number of unbranched alkanes of at least 4 members (excludes halogenated alkanes) is 3. The minimum atomic E-state index is -0.904. The standard InChI is InChI=1S/C33H38F2O7/c1-40-22-25-21-27(24-12-6-4-7-13-24)32(35)33(31(25)34)42-19-8-3-2-5-11-23-14-9-15-28(26(23)17-18-30(38)39)41-20-10-16-29(36)37/h4,6-7,9,12-15,21H,2-3,5,8,10-11,16-20,22H2,1H3,(H,36,37)(H,38,39). The monoisotopic (exact) mass is 584 g/mol. The van der Waals surface area contributed by atoms with E-state index >= 15 is 8.78 Å². The molecule has 0 aliphatic carbocycles. The Bertz CT molecular complexity index is 1310. The molecule has 0 bridgehead atoms. The molecule has 0 saturated heterocycles. The quantitative estimate of drug-likeness (QED) is 0.143. The predicted molar refractivity (Wildman–Crippen MR) is 155 cm³/mol. The van der Waals surface area contributed by atoms with Crippen LogP contribution in [0.15, 0.2) is 54.6 Å². The Hall–Kier alpha value is -3.98. The van der Waals surface area contributed by atoms with Gasteiger partial charge in [0.15, 0.2) is 17.4 Å². The molecule has 0 saturated carbocycles. The molecule has 0 unspecified atom stereocenters. The van der Waals surface area contributed by atoms with Gasteiger partial charge in [-0.15, -0.1) is 0 Å². The lowest BCUT2D eigenvalue weighted by Crippen LogP contribution is -2.07. The van der Waals surface area contributed by atoms with E-state index in [4.69, 9.17) is 19.3 Å². The summed E-state index contributed by atoms with van der Waals surface area (Å²) in [6.45, 7) is 0.381. The summed E-state index contributed by atoms with van der Waals surface area (Å²) in [5, 5.41) is 18.0. The Morgan fingerprint density at radius 1 is 0.738 bits per heavy atom. The van der Waals surface area contributed by atoms with E-state index in [0.717, 1.165) is 30.4 Å². The molecular formula is C33H38F2O7. The van der Waals surface area contributed by atoms with Crippen molar-refractivity contribution in [2.24, 2.45) is 0 Å². The average molecular weight is 585 g/mol. The second kappa shape index (κ2) is 17.1. The smallest absolute Gasteiger partial charge is 0.303 e. The first-order valence-electron chi connectivity index (χ1n) is 14.2. The molecule has 3 aromatic rings. The minimum absolute atomic E-state index is 0.0000732. The maximum atomic E-state index is 15.3. The van der Waals surface area contributed by atoms with Crippen molar-refractivity contribution in [3.05, 3.63) is 82.9 Å². The maximum Gasteiger partial charge on any atom is 0.303 e. The lowest BCUT2D eigenvalue weighted by atomic mass is 9.97. The SMILES string of the molecule is COCc1cc(-c2ccccc2)c(F)c(OCCCCCCc2cccc(OCCCC(=O)O)c2CCC(=O)O)c1F. The molecule has 0 fully saturated rings. The van der Waals surface area contributed by atoms with Crippen molar-refractivity contribution in [1.29, 1.82) is 0 Å². The van der Waals surface area contributed by atoms with Gasteiger partial charge < -0.3 is 24.4 Å². The molecule has 0 radical (unpaired) electrons. The van der Waals surface area contributed by atoms with Crippen molar-refractivity contribution in [1.82, 2.24) is 0 Å².